The number of carbonyl (C=O) groups is 1. The number of aliphatic hydroxyl groups excluding tert-OH is 1. The normalized spacial score (nSPS) is 15.1. The standard InChI is InChI=1S/C16H18FNO2S/c17-13-6-2-7-14-12(13)10-15(21-14)16(20)18(8-3-9-19)11-4-1-5-11/h2,6-7,10-11,19H,1,3-5,8-9H2. The second kappa shape index (κ2) is 6.12. The monoisotopic (exact) mass is 307 g/mol. The molecule has 0 unspecified atom stereocenters. The Hall–Kier alpha value is -1.46. The summed E-state index contributed by atoms with van der Waals surface area (Å²) in [5.41, 5.74) is 0. The molecule has 0 bridgehead atoms. The highest BCUT2D eigenvalue weighted by atomic mass is 32.1. The highest BCUT2D eigenvalue weighted by molar-refractivity contribution is 7.20. The molecule has 1 aromatic heterocycles. The fourth-order valence-corrected chi connectivity index (χ4v) is 3.69. The van der Waals surface area contributed by atoms with Crippen molar-refractivity contribution < 1.29 is 14.3 Å². The number of halogens is 1. The van der Waals surface area contributed by atoms with Crippen LogP contribution in [0.4, 0.5) is 4.39 Å². The maximum Gasteiger partial charge on any atom is 0.264 e. The molecule has 1 aromatic carbocycles. The minimum absolute atomic E-state index is 0.0336. The van der Waals surface area contributed by atoms with E-state index in [9.17, 15) is 9.18 Å². The molecule has 0 saturated heterocycles. The molecule has 3 nitrogen and oxygen atoms in total. The molecule has 3 rings (SSSR count). The minimum atomic E-state index is -0.284. The van der Waals surface area contributed by atoms with Crippen LogP contribution >= 0.6 is 11.3 Å². The molecule has 1 aliphatic carbocycles. The van der Waals surface area contributed by atoms with Gasteiger partial charge in [-0.1, -0.05) is 6.07 Å². The highest BCUT2D eigenvalue weighted by Crippen LogP contribution is 2.31. The number of thiophene rings is 1. The highest BCUT2D eigenvalue weighted by Gasteiger charge is 2.29. The Morgan fingerprint density at radius 3 is 2.86 bits per heavy atom. The molecule has 1 aliphatic rings. The second-order valence-electron chi connectivity index (χ2n) is 5.42. The molecule has 0 spiro atoms. The Kier molecular flexibility index (Phi) is 4.22. The van der Waals surface area contributed by atoms with E-state index in [1.54, 1.807) is 12.1 Å². The number of benzene rings is 1. The van der Waals surface area contributed by atoms with Crippen LogP contribution in [0.1, 0.15) is 35.4 Å². The Morgan fingerprint density at radius 2 is 2.24 bits per heavy atom. The van der Waals surface area contributed by atoms with Crippen molar-refractivity contribution in [2.45, 2.75) is 31.7 Å². The maximum absolute atomic E-state index is 13.8. The number of aliphatic hydroxyl groups is 1. The first kappa shape index (κ1) is 14.5. The average Bonchev–Trinajstić information content (AvgIpc) is 2.86. The smallest absolute Gasteiger partial charge is 0.264 e. The van der Waals surface area contributed by atoms with Crippen LogP contribution in [0.2, 0.25) is 0 Å². The molecule has 0 radical (unpaired) electrons. The molecule has 2 aromatic rings. The summed E-state index contributed by atoms with van der Waals surface area (Å²) in [6, 6.07) is 6.85. The van der Waals surface area contributed by atoms with E-state index < -0.39 is 0 Å². The van der Waals surface area contributed by atoms with Crippen LogP contribution in [0.15, 0.2) is 24.3 Å². The summed E-state index contributed by atoms with van der Waals surface area (Å²) in [6.45, 7) is 0.647. The molecular formula is C16H18FNO2S. The molecule has 21 heavy (non-hydrogen) atoms. The lowest BCUT2D eigenvalue weighted by molar-refractivity contribution is 0.0567. The van der Waals surface area contributed by atoms with E-state index in [1.807, 2.05) is 11.0 Å². The van der Waals surface area contributed by atoms with Gasteiger partial charge in [-0.05, 0) is 43.9 Å². The van der Waals surface area contributed by atoms with E-state index in [2.05, 4.69) is 0 Å². The van der Waals surface area contributed by atoms with Crippen molar-refractivity contribution in [3.8, 4) is 0 Å². The van der Waals surface area contributed by atoms with Crippen molar-refractivity contribution in [3.63, 3.8) is 0 Å². The number of amides is 1. The molecular weight excluding hydrogens is 289 g/mol. The van der Waals surface area contributed by atoms with Gasteiger partial charge in [-0.3, -0.25) is 4.79 Å². The van der Waals surface area contributed by atoms with Crippen molar-refractivity contribution in [3.05, 3.63) is 35.0 Å². The van der Waals surface area contributed by atoms with Gasteiger partial charge in [0, 0.05) is 29.3 Å². The predicted molar refractivity (Wildman–Crippen MR) is 82.2 cm³/mol. The van der Waals surface area contributed by atoms with Crippen LogP contribution in [-0.4, -0.2) is 35.1 Å². The van der Waals surface area contributed by atoms with Crippen molar-refractivity contribution in [2.75, 3.05) is 13.2 Å². The van der Waals surface area contributed by atoms with Gasteiger partial charge < -0.3 is 10.0 Å². The third-order valence-electron chi connectivity index (χ3n) is 4.05. The average molecular weight is 307 g/mol. The molecule has 1 saturated carbocycles. The van der Waals surface area contributed by atoms with Crippen LogP contribution in [0.5, 0.6) is 0 Å². The van der Waals surface area contributed by atoms with E-state index >= 15 is 0 Å². The van der Waals surface area contributed by atoms with Crippen molar-refractivity contribution in [1.82, 2.24) is 4.90 Å². The fraction of sp³-hybridized carbons (Fsp3) is 0.438. The Labute approximate surface area is 127 Å². The van der Waals surface area contributed by atoms with E-state index in [0.717, 1.165) is 24.0 Å². The molecule has 112 valence electrons. The van der Waals surface area contributed by atoms with Gasteiger partial charge >= 0.3 is 0 Å². The Balaban J connectivity index is 1.87. The van der Waals surface area contributed by atoms with Gasteiger partial charge in [0.1, 0.15) is 5.82 Å². The molecule has 0 aliphatic heterocycles. The summed E-state index contributed by atoms with van der Waals surface area (Å²) in [7, 11) is 0. The van der Waals surface area contributed by atoms with Crippen LogP contribution < -0.4 is 0 Å². The summed E-state index contributed by atoms with van der Waals surface area (Å²) < 4.78 is 14.6. The first-order valence-electron chi connectivity index (χ1n) is 7.30. The number of nitrogens with zero attached hydrogens (tertiary/aromatic N) is 1. The molecule has 1 N–H and O–H groups in total. The first-order valence-corrected chi connectivity index (χ1v) is 8.12. The third-order valence-corrected chi connectivity index (χ3v) is 5.14. The van der Waals surface area contributed by atoms with Crippen molar-refractivity contribution >= 4 is 27.3 Å². The summed E-state index contributed by atoms with van der Waals surface area (Å²) in [5.74, 6) is -0.317. The van der Waals surface area contributed by atoms with Gasteiger partial charge in [0.05, 0.1) is 4.88 Å². The maximum atomic E-state index is 13.8. The van der Waals surface area contributed by atoms with Crippen LogP contribution in [0.25, 0.3) is 10.1 Å². The van der Waals surface area contributed by atoms with Gasteiger partial charge in [0.2, 0.25) is 0 Å². The van der Waals surface area contributed by atoms with E-state index in [4.69, 9.17) is 5.11 Å². The van der Waals surface area contributed by atoms with Gasteiger partial charge in [-0.2, -0.15) is 0 Å². The molecule has 1 amide bonds. The zero-order valence-corrected chi connectivity index (χ0v) is 12.5. The summed E-state index contributed by atoms with van der Waals surface area (Å²) in [5, 5.41) is 9.52. The number of hydrogen-bond acceptors (Lipinski definition) is 3. The number of fused-ring (bicyclic) bond motifs is 1. The molecule has 1 fully saturated rings. The number of carbonyl (C=O) groups excluding carboxylic acids is 1. The summed E-state index contributed by atoms with van der Waals surface area (Å²) in [6.07, 6.45) is 3.78. The predicted octanol–water partition coefficient (Wildman–Crippen LogP) is 3.42. The van der Waals surface area contributed by atoms with Gasteiger partial charge in [0.25, 0.3) is 5.91 Å². The molecule has 5 heteroatoms. The third kappa shape index (κ3) is 2.80. The molecule has 1 heterocycles. The zero-order chi connectivity index (χ0) is 14.8. The lowest BCUT2D eigenvalue weighted by atomic mass is 9.91. The molecule has 0 atom stereocenters. The Bertz CT molecular complexity index is 651. The van der Waals surface area contributed by atoms with Crippen LogP contribution in [0.3, 0.4) is 0 Å². The zero-order valence-electron chi connectivity index (χ0n) is 11.7. The van der Waals surface area contributed by atoms with Crippen molar-refractivity contribution in [1.29, 1.82) is 0 Å². The Morgan fingerprint density at radius 1 is 1.43 bits per heavy atom. The topological polar surface area (TPSA) is 40.5 Å². The largest absolute Gasteiger partial charge is 0.396 e. The van der Waals surface area contributed by atoms with Gasteiger partial charge in [-0.25, -0.2) is 4.39 Å². The van der Waals surface area contributed by atoms with Crippen LogP contribution in [0, 0.1) is 5.82 Å². The number of hydrogen-bond donors (Lipinski definition) is 1. The minimum Gasteiger partial charge on any atom is -0.396 e. The lowest BCUT2D eigenvalue weighted by Crippen LogP contribution is -2.44. The first-order chi connectivity index (χ1) is 10.2. The lowest BCUT2D eigenvalue weighted by Gasteiger charge is -2.37. The quantitative estimate of drug-likeness (QED) is 0.919. The van der Waals surface area contributed by atoms with Gasteiger partial charge in [-0.15, -0.1) is 11.3 Å². The SMILES string of the molecule is O=C(c1cc2c(F)cccc2s1)N(CCCO)C1CCC1. The van der Waals surface area contributed by atoms with Crippen molar-refractivity contribution in [2.24, 2.45) is 0 Å². The van der Waals surface area contributed by atoms with E-state index in [1.165, 1.54) is 17.4 Å². The van der Waals surface area contributed by atoms with E-state index in [-0.39, 0.29) is 24.4 Å². The number of rotatable bonds is 5. The van der Waals surface area contributed by atoms with Gasteiger partial charge in [0.15, 0.2) is 0 Å². The summed E-state index contributed by atoms with van der Waals surface area (Å²) in [4.78, 5) is 15.1. The summed E-state index contributed by atoms with van der Waals surface area (Å²) >= 11 is 1.34. The second-order valence-corrected chi connectivity index (χ2v) is 6.51. The van der Waals surface area contributed by atoms with E-state index in [0.29, 0.717) is 23.2 Å². The van der Waals surface area contributed by atoms with Crippen LogP contribution in [-0.2, 0) is 0 Å². The fourth-order valence-electron chi connectivity index (χ4n) is 2.66.